The number of nitrogens with one attached hydrogen (secondary N) is 2. The van der Waals surface area contributed by atoms with E-state index >= 15 is 0 Å². The number of carbonyl (C=O) groups is 2. The molecule has 0 aliphatic heterocycles. The normalized spacial score (nSPS) is 11.6. The largest absolute Gasteiger partial charge is 0.495 e. The lowest BCUT2D eigenvalue weighted by atomic mass is 10.3. The Balaban J connectivity index is 2.71. The van der Waals surface area contributed by atoms with E-state index in [1.807, 2.05) is 0 Å². The van der Waals surface area contributed by atoms with E-state index in [-0.39, 0.29) is 6.54 Å². The van der Waals surface area contributed by atoms with Crippen LogP contribution < -0.4 is 15.4 Å². The van der Waals surface area contributed by atoms with E-state index in [1.165, 1.54) is 20.1 Å². The summed E-state index contributed by atoms with van der Waals surface area (Å²) in [6.07, 6.45) is -0.725. The summed E-state index contributed by atoms with van der Waals surface area (Å²) in [5.41, 5.74) is 0.298. The van der Waals surface area contributed by atoms with Gasteiger partial charge in [-0.2, -0.15) is 0 Å². The lowest BCUT2D eigenvalue weighted by Gasteiger charge is -2.11. The van der Waals surface area contributed by atoms with E-state index in [2.05, 4.69) is 10.6 Å². The van der Waals surface area contributed by atoms with Crippen molar-refractivity contribution < 1.29 is 19.4 Å². The summed E-state index contributed by atoms with van der Waals surface area (Å²) in [7, 11) is 1.44. The molecule has 1 atom stereocenters. The molecule has 0 radical (unpaired) electrons. The van der Waals surface area contributed by atoms with Gasteiger partial charge in [0.15, 0.2) is 0 Å². The first-order valence-corrected chi connectivity index (χ1v) is 5.92. The van der Waals surface area contributed by atoms with Crippen molar-refractivity contribution in [2.24, 2.45) is 0 Å². The molecule has 19 heavy (non-hydrogen) atoms. The van der Waals surface area contributed by atoms with Gasteiger partial charge in [0.25, 0.3) is 0 Å². The van der Waals surface area contributed by atoms with Crippen molar-refractivity contribution in [3.05, 3.63) is 23.2 Å². The number of amides is 2. The number of methoxy groups -OCH3 is 1. The van der Waals surface area contributed by atoms with Crippen LogP contribution in [0.3, 0.4) is 0 Å². The number of ether oxygens (including phenoxy) is 1. The monoisotopic (exact) mass is 286 g/mol. The van der Waals surface area contributed by atoms with Gasteiger partial charge >= 0.3 is 11.8 Å². The number of rotatable bonds is 4. The number of hydrogen-bond acceptors (Lipinski definition) is 4. The third-order valence-corrected chi connectivity index (χ3v) is 2.41. The number of halogens is 1. The van der Waals surface area contributed by atoms with Crippen LogP contribution in [0.2, 0.25) is 5.02 Å². The standard InChI is InChI=1S/C12H15ClN2O4/c1-7(16)6-14-11(17)12(18)15-9-5-8(13)3-4-10(9)19-2/h3-5,7,16H,6H2,1-2H3,(H,14,17)(H,15,18). The van der Waals surface area contributed by atoms with Crippen LogP contribution in [0, 0.1) is 0 Å². The zero-order valence-corrected chi connectivity index (χ0v) is 11.3. The summed E-state index contributed by atoms with van der Waals surface area (Å²) in [5.74, 6) is -1.31. The predicted octanol–water partition coefficient (Wildman–Crippen LogP) is 0.784. The molecule has 0 spiro atoms. The second-order valence-corrected chi connectivity index (χ2v) is 4.29. The average molecular weight is 287 g/mol. The van der Waals surface area contributed by atoms with E-state index in [9.17, 15) is 9.59 Å². The number of aliphatic hydroxyl groups is 1. The SMILES string of the molecule is COc1ccc(Cl)cc1NC(=O)C(=O)NCC(C)O. The van der Waals surface area contributed by atoms with Crippen molar-refractivity contribution >= 4 is 29.1 Å². The van der Waals surface area contributed by atoms with E-state index < -0.39 is 17.9 Å². The van der Waals surface area contributed by atoms with Crippen LogP contribution in [0.5, 0.6) is 5.75 Å². The van der Waals surface area contributed by atoms with Crippen molar-refractivity contribution in [1.29, 1.82) is 0 Å². The summed E-state index contributed by atoms with van der Waals surface area (Å²) in [5, 5.41) is 14.1. The number of hydrogen-bond donors (Lipinski definition) is 3. The zero-order valence-electron chi connectivity index (χ0n) is 10.6. The Morgan fingerprint density at radius 1 is 1.42 bits per heavy atom. The molecule has 0 aliphatic rings. The van der Waals surface area contributed by atoms with Gasteiger partial charge in [-0.05, 0) is 25.1 Å². The van der Waals surface area contributed by atoms with Gasteiger partial charge in [0.1, 0.15) is 5.75 Å². The third-order valence-electron chi connectivity index (χ3n) is 2.17. The molecule has 7 heteroatoms. The van der Waals surface area contributed by atoms with Gasteiger partial charge in [0.2, 0.25) is 0 Å². The van der Waals surface area contributed by atoms with Crippen LogP contribution in [0.25, 0.3) is 0 Å². The minimum absolute atomic E-state index is 0.00106. The van der Waals surface area contributed by atoms with Crippen LogP contribution in [-0.2, 0) is 9.59 Å². The molecule has 0 fully saturated rings. The van der Waals surface area contributed by atoms with E-state index in [4.69, 9.17) is 21.4 Å². The fourth-order valence-corrected chi connectivity index (χ4v) is 1.45. The topological polar surface area (TPSA) is 87.7 Å². The molecule has 0 aliphatic carbocycles. The minimum Gasteiger partial charge on any atom is -0.495 e. The maximum Gasteiger partial charge on any atom is 0.313 e. The molecule has 104 valence electrons. The van der Waals surface area contributed by atoms with Gasteiger partial charge in [-0.15, -0.1) is 0 Å². The molecule has 0 saturated carbocycles. The van der Waals surface area contributed by atoms with Gasteiger partial charge in [-0.25, -0.2) is 0 Å². The first kappa shape index (κ1) is 15.3. The Bertz CT molecular complexity index is 477. The Morgan fingerprint density at radius 3 is 2.68 bits per heavy atom. The molecule has 0 bridgehead atoms. The lowest BCUT2D eigenvalue weighted by molar-refractivity contribution is -0.136. The van der Waals surface area contributed by atoms with Gasteiger partial charge in [-0.1, -0.05) is 11.6 Å². The molecular formula is C12H15ClN2O4. The maximum absolute atomic E-state index is 11.6. The van der Waals surface area contributed by atoms with Crippen LogP contribution in [0.1, 0.15) is 6.92 Å². The molecule has 1 unspecified atom stereocenters. The highest BCUT2D eigenvalue weighted by atomic mass is 35.5. The van der Waals surface area contributed by atoms with E-state index in [0.29, 0.717) is 16.5 Å². The van der Waals surface area contributed by atoms with E-state index in [1.54, 1.807) is 12.1 Å². The first-order chi connectivity index (χ1) is 8.93. The predicted molar refractivity (Wildman–Crippen MR) is 71.3 cm³/mol. The van der Waals surface area contributed by atoms with Crippen molar-refractivity contribution in [2.75, 3.05) is 19.0 Å². The molecule has 1 aromatic carbocycles. The Kier molecular flexibility index (Phi) is 5.59. The molecule has 0 aromatic heterocycles. The van der Waals surface area contributed by atoms with Crippen LogP contribution >= 0.6 is 11.6 Å². The summed E-state index contributed by atoms with van der Waals surface area (Å²) in [4.78, 5) is 23.0. The summed E-state index contributed by atoms with van der Waals surface area (Å²) < 4.78 is 5.03. The molecular weight excluding hydrogens is 272 g/mol. The fraction of sp³-hybridized carbons (Fsp3) is 0.333. The third kappa shape index (κ3) is 4.76. The maximum atomic E-state index is 11.6. The van der Waals surface area contributed by atoms with Gasteiger partial charge in [0.05, 0.1) is 18.9 Å². The quantitative estimate of drug-likeness (QED) is 0.714. The van der Waals surface area contributed by atoms with Crippen molar-refractivity contribution in [1.82, 2.24) is 5.32 Å². The Labute approximate surface area is 115 Å². The highest BCUT2D eigenvalue weighted by Gasteiger charge is 2.16. The fourth-order valence-electron chi connectivity index (χ4n) is 1.28. The Hall–Kier alpha value is -1.79. The summed E-state index contributed by atoms with van der Waals surface area (Å²) in [6, 6.07) is 4.65. The molecule has 6 nitrogen and oxygen atoms in total. The summed E-state index contributed by atoms with van der Waals surface area (Å²) in [6.45, 7) is 1.50. The first-order valence-electron chi connectivity index (χ1n) is 5.54. The second-order valence-electron chi connectivity index (χ2n) is 3.86. The smallest absolute Gasteiger partial charge is 0.313 e. The van der Waals surface area contributed by atoms with Crippen molar-refractivity contribution in [3.63, 3.8) is 0 Å². The molecule has 1 rings (SSSR count). The molecule has 0 saturated heterocycles. The zero-order chi connectivity index (χ0) is 14.4. The van der Waals surface area contributed by atoms with Gasteiger partial charge < -0.3 is 20.5 Å². The van der Waals surface area contributed by atoms with Crippen LogP contribution in [-0.4, -0.2) is 36.7 Å². The molecule has 2 amide bonds. The number of aliphatic hydroxyl groups excluding tert-OH is 1. The van der Waals surface area contributed by atoms with Crippen molar-refractivity contribution in [2.45, 2.75) is 13.0 Å². The van der Waals surface area contributed by atoms with Gasteiger partial charge in [-0.3, -0.25) is 9.59 Å². The van der Waals surface area contributed by atoms with Crippen LogP contribution in [0.15, 0.2) is 18.2 Å². The van der Waals surface area contributed by atoms with E-state index in [0.717, 1.165) is 0 Å². The lowest BCUT2D eigenvalue weighted by Crippen LogP contribution is -2.38. The van der Waals surface area contributed by atoms with Crippen LogP contribution in [0.4, 0.5) is 5.69 Å². The highest BCUT2D eigenvalue weighted by Crippen LogP contribution is 2.27. The molecule has 3 N–H and O–H groups in total. The van der Waals surface area contributed by atoms with Crippen molar-refractivity contribution in [3.8, 4) is 5.75 Å². The highest BCUT2D eigenvalue weighted by molar-refractivity contribution is 6.40. The Morgan fingerprint density at radius 2 is 2.11 bits per heavy atom. The van der Waals surface area contributed by atoms with Gasteiger partial charge in [0, 0.05) is 11.6 Å². The number of carbonyl (C=O) groups excluding carboxylic acids is 2. The number of anilines is 1. The second kappa shape index (κ2) is 6.96. The summed E-state index contributed by atoms with van der Waals surface area (Å²) >= 11 is 5.80. The molecule has 0 heterocycles. The number of benzene rings is 1. The minimum atomic E-state index is -0.860. The average Bonchev–Trinajstić information content (AvgIpc) is 2.36. The molecule has 1 aromatic rings.